The third-order valence-corrected chi connectivity index (χ3v) is 4.35. The molecule has 0 saturated heterocycles. The first-order valence-electron chi connectivity index (χ1n) is 6.85. The molecule has 1 aromatic carbocycles. The first-order chi connectivity index (χ1) is 11.2. The summed E-state index contributed by atoms with van der Waals surface area (Å²) in [7, 11) is 0. The van der Waals surface area contributed by atoms with Crippen LogP contribution in [0, 0.1) is 6.92 Å². The van der Waals surface area contributed by atoms with E-state index in [-0.39, 0.29) is 21.2 Å². The highest BCUT2D eigenvalue weighted by Gasteiger charge is 2.33. The van der Waals surface area contributed by atoms with Crippen LogP contribution in [0.2, 0.25) is 0 Å². The van der Waals surface area contributed by atoms with Gasteiger partial charge in [0, 0.05) is 5.39 Å². The lowest BCUT2D eigenvalue weighted by atomic mass is 10.2. The van der Waals surface area contributed by atoms with Crippen LogP contribution in [0.3, 0.4) is 0 Å². The summed E-state index contributed by atoms with van der Waals surface area (Å²) in [6.45, 7) is 1.86. The van der Waals surface area contributed by atoms with Crippen molar-refractivity contribution in [3.05, 3.63) is 62.5 Å². The molecule has 0 fully saturated rings. The number of nitrogens with two attached hydrogens (primary N) is 1. The van der Waals surface area contributed by atoms with Crippen LogP contribution in [0.5, 0.6) is 0 Å². The van der Waals surface area contributed by atoms with E-state index in [1.165, 1.54) is 6.07 Å². The normalized spacial score (nSPS) is 11.9. The first kappa shape index (κ1) is 16.5. The van der Waals surface area contributed by atoms with Crippen molar-refractivity contribution in [2.75, 3.05) is 5.73 Å². The van der Waals surface area contributed by atoms with Crippen molar-refractivity contribution < 1.29 is 13.2 Å². The van der Waals surface area contributed by atoms with Crippen LogP contribution in [-0.2, 0) is 6.18 Å². The summed E-state index contributed by atoms with van der Waals surface area (Å²) in [4.78, 5) is 16.2. The van der Waals surface area contributed by atoms with E-state index in [0.29, 0.717) is 5.69 Å². The molecule has 2 heterocycles. The largest absolute Gasteiger partial charge is 0.433 e. The molecule has 3 rings (SSSR count). The molecule has 0 aliphatic carbocycles. The van der Waals surface area contributed by atoms with Gasteiger partial charge in [-0.1, -0.05) is 17.7 Å². The number of alkyl halides is 3. The Morgan fingerprint density at radius 1 is 1.12 bits per heavy atom. The molecule has 124 valence electrons. The number of fused-ring (bicyclic) bond motifs is 1. The number of nitrogens with zero attached hydrogens (tertiary/aromatic N) is 2. The van der Waals surface area contributed by atoms with Gasteiger partial charge >= 0.3 is 6.18 Å². The number of aryl methyl sites for hydroxylation is 1. The highest BCUT2D eigenvalue weighted by molar-refractivity contribution is 9.10. The summed E-state index contributed by atoms with van der Waals surface area (Å²) < 4.78 is 40.2. The average molecular weight is 398 g/mol. The van der Waals surface area contributed by atoms with Crippen LogP contribution >= 0.6 is 15.9 Å². The summed E-state index contributed by atoms with van der Waals surface area (Å²) in [5.41, 5.74) is 5.48. The molecule has 0 unspecified atom stereocenters. The van der Waals surface area contributed by atoms with Crippen molar-refractivity contribution in [2.45, 2.75) is 13.1 Å². The van der Waals surface area contributed by atoms with Crippen molar-refractivity contribution in [3.8, 4) is 5.69 Å². The van der Waals surface area contributed by atoms with E-state index >= 15 is 0 Å². The second-order valence-electron chi connectivity index (χ2n) is 5.27. The molecule has 0 radical (unpaired) electrons. The van der Waals surface area contributed by atoms with Gasteiger partial charge in [-0.05, 0) is 47.1 Å². The van der Waals surface area contributed by atoms with Crippen molar-refractivity contribution in [2.24, 2.45) is 0 Å². The number of rotatable bonds is 1. The number of halogens is 4. The molecule has 4 nitrogen and oxygen atoms in total. The molecular formula is C16H11BrF3N3O. The average Bonchev–Trinajstić information content (AvgIpc) is 2.53. The van der Waals surface area contributed by atoms with Crippen LogP contribution in [0.25, 0.3) is 16.7 Å². The zero-order chi connectivity index (χ0) is 17.6. The zero-order valence-corrected chi connectivity index (χ0v) is 13.9. The van der Waals surface area contributed by atoms with Gasteiger partial charge in [0.25, 0.3) is 5.56 Å². The Kier molecular flexibility index (Phi) is 3.87. The third-order valence-electron chi connectivity index (χ3n) is 3.59. The number of pyridine rings is 2. The maximum absolute atomic E-state index is 13.0. The molecular weight excluding hydrogens is 387 g/mol. The van der Waals surface area contributed by atoms with Gasteiger partial charge in [0.05, 0.1) is 11.4 Å². The molecule has 24 heavy (non-hydrogen) atoms. The van der Waals surface area contributed by atoms with E-state index in [9.17, 15) is 18.0 Å². The fourth-order valence-electron chi connectivity index (χ4n) is 2.35. The fraction of sp³-hybridized carbons (Fsp3) is 0.125. The Labute approximate surface area is 142 Å². The van der Waals surface area contributed by atoms with Gasteiger partial charge in [-0.25, -0.2) is 4.98 Å². The Bertz CT molecular complexity index is 995. The number of hydrogen-bond acceptors (Lipinski definition) is 3. The SMILES string of the molecule is Cc1ccc(-n2c(=O)c(Br)c(N)c3ccc(C(F)(F)F)nc32)cc1. The lowest BCUT2D eigenvalue weighted by Crippen LogP contribution is -2.23. The lowest BCUT2D eigenvalue weighted by molar-refractivity contribution is -0.141. The number of aromatic nitrogens is 2. The smallest absolute Gasteiger partial charge is 0.397 e. The summed E-state index contributed by atoms with van der Waals surface area (Å²) in [6, 6.07) is 8.85. The number of hydrogen-bond donors (Lipinski definition) is 1. The maximum atomic E-state index is 13.0. The lowest BCUT2D eigenvalue weighted by Gasteiger charge is -2.15. The standard InChI is InChI=1S/C16H11BrF3N3O/c1-8-2-4-9(5-3-8)23-14-10(13(21)12(17)15(23)24)6-7-11(22-14)16(18,19)20/h2-7H,21H2,1H3. The molecule has 0 bridgehead atoms. The Hall–Kier alpha value is -2.35. The van der Waals surface area contributed by atoms with Crippen LogP contribution in [0.4, 0.5) is 18.9 Å². The molecule has 0 amide bonds. The minimum absolute atomic E-state index is 0.0552. The number of anilines is 1. The van der Waals surface area contributed by atoms with Crippen molar-refractivity contribution in [1.82, 2.24) is 9.55 Å². The second-order valence-corrected chi connectivity index (χ2v) is 6.06. The van der Waals surface area contributed by atoms with Crippen molar-refractivity contribution in [3.63, 3.8) is 0 Å². The summed E-state index contributed by atoms with van der Waals surface area (Å²) in [6.07, 6.45) is -4.62. The third kappa shape index (κ3) is 2.66. The van der Waals surface area contributed by atoms with Gasteiger partial charge in [0.2, 0.25) is 0 Å². The van der Waals surface area contributed by atoms with E-state index in [2.05, 4.69) is 20.9 Å². The number of nitrogen functional groups attached to an aromatic ring is 1. The van der Waals surface area contributed by atoms with Crippen LogP contribution in [0.1, 0.15) is 11.3 Å². The quantitative estimate of drug-likeness (QED) is 0.673. The summed E-state index contributed by atoms with van der Waals surface area (Å²) in [5.74, 6) is 0. The Morgan fingerprint density at radius 2 is 1.75 bits per heavy atom. The van der Waals surface area contributed by atoms with Gasteiger partial charge in [-0.15, -0.1) is 0 Å². The molecule has 0 aliphatic heterocycles. The van der Waals surface area contributed by atoms with Crippen LogP contribution < -0.4 is 11.3 Å². The Balaban J connectivity index is 2.45. The molecule has 3 aromatic rings. The minimum Gasteiger partial charge on any atom is -0.397 e. The second kappa shape index (κ2) is 5.62. The predicted molar refractivity (Wildman–Crippen MR) is 89.2 cm³/mol. The van der Waals surface area contributed by atoms with Gasteiger partial charge in [0.15, 0.2) is 0 Å². The highest BCUT2D eigenvalue weighted by atomic mass is 79.9. The predicted octanol–water partition coefficient (Wildman–Crippen LogP) is 4.06. The molecule has 8 heteroatoms. The molecule has 0 atom stereocenters. The van der Waals surface area contributed by atoms with Gasteiger partial charge in [-0.2, -0.15) is 13.2 Å². The van der Waals surface area contributed by atoms with Crippen LogP contribution in [-0.4, -0.2) is 9.55 Å². The zero-order valence-electron chi connectivity index (χ0n) is 12.4. The summed E-state index contributed by atoms with van der Waals surface area (Å²) in [5, 5.41) is 0.259. The van der Waals surface area contributed by atoms with Crippen molar-refractivity contribution in [1.29, 1.82) is 0 Å². The van der Waals surface area contributed by atoms with E-state index < -0.39 is 17.4 Å². The minimum atomic E-state index is -4.62. The van der Waals surface area contributed by atoms with E-state index in [1.54, 1.807) is 24.3 Å². The van der Waals surface area contributed by atoms with E-state index in [4.69, 9.17) is 5.73 Å². The van der Waals surface area contributed by atoms with Gasteiger partial charge in [-0.3, -0.25) is 9.36 Å². The first-order valence-corrected chi connectivity index (χ1v) is 7.64. The maximum Gasteiger partial charge on any atom is 0.433 e. The van der Waals surface area contributed by atoms with Crippen LogP contribution in [0.15, 0.2) is 45.7 Å². The molecule has 0 saturated carbocycles. The summed E-state index contributed by atoms with van der Waals surface area (Å²) >= 11 is 3.11. The van der Waals surface area contributed by atoms with E-state index in [0.717, 1.165) is 16.2 Å². The molecule has 2 aromatic heterocycles. The van der Waals surface area contributed by atoms with Crippen molar-refractivity contribution >= 4 is 32.7 Å². The highest BCUT2D eigenvalue weighted by Crippen LogP contribution is 2.32. The molecule has 0 aliphatic rings. The molecule has 2 N–H and O–H groups in total. The Morgan fingerprint density at radius 3 is 2.33 bits per heavy atom. The monoisotopic (exact) mass is 397 g/mol. The van der Waals surface area contributed by atoms with E-state index in [1.807, 2.05) is 6.92 Å². The van der Waals surface area contributed by atoms with Gasteiger partial charge < -0.3 is 5.73 Å². The molecule has 0 spiro atoms. The number of benzene rings is 1. The fourth-order valence-corrected chi connectivity index (χ4v) is 2.74. The topological polar surface area (TPSA) is 60.9 Å². The van der Waals surface area contributed by atoms with Gasteiger partial charge in [0.1, 0.15) is 15.8 Å².